The fourth-order valence-corrected chi connectivity index (χ4v) is 2.01. The van der Waals surface area contributed by atoms with Gasteiger partial charge in [0, 0.05) is 23.5 Å². The summed E-state index contributed by atoms with van der Waals surface area (Å²) in [4.78, 5) is 15.7. The molecule has 0 radical (unpaired) electrons. The van der Waals surface area contributed by atoms with Crippen LogP contribution in [-0.2, 0) is 6.61 Å². The molecule has 0 fully saturated rings. The first kappa shape index (κ1) is 15.3. The molecule has 0 aliphatic rings. The van der Waals surface area contributed by atoms with Gasteiger partial charge >= 0.3 is 6.03 Å². The van der Waals surface area contributed by atoms with Crippen molar-refractivity contribution >= 4 is 33.3 Å². The van der Waals surface area contributed by atoms with Gasteiger partial charge in [0.1, 0.15) is 16.2 Å². The van der Waals surface area contributed by atoms with Gasteiger partial charge in [0.15, 0.2) is 0 Å². The number of hydrogen-bond donors (Lipinski definition) is 3. The standard InChI is InChI=1S/C13H10BrF2N3O2/c14-12-5-8(1-2-17-12)18-13(21)19-11-4-7(15)3-10(16)9(11)6-20/h1-5,20H,6H2,(H2,17,18,19,21). The Morgan fingerprint density at radius 3 is 2.71 bits per heavy atom. The van der Waals surface area contributed by atoms with Gasteiger partial charge in [-0.25, -0.2) is 18.6 Å². The molecule has 0 saturated heterocycles. The van der Waals surface area contributed by atoms with Gasteiger partial charge in [0.2, 0.25) is 0 Å². The molecule has 5 nitrogen and oxygen atoms in total. The second-order valence-corrected chi connectivity index (χ2v) is 4.83. The molecule has 0 saturated carbocycles. The minimum absolute atomic E-state index is 0.138. The molecule has 2 aromatic rings. The number of benzene rings is 1. The smallest absolute Gasteiger partial charge is 0.323 e. The topological polar surface area (TPSA) is 74.2 Å². The van der Waals surface area contributed by atoms with Crippen LogP contribution in [0.15, 0.2) is 35.1 Å². The monoisotopic (exact) mass is 357 g/mol. The Hall–Kier alpha value is -2.06. The summed E-state index contributed by atoms with van der Waals surface area (Å²) in [7, 11) is 0. The zero-order valence-corrected chi connectivity index (χ0v) is 12.1. The number of urea groups is 1. The molecular formula is C13H10BrF2N3O2. The van der Waals surface area contributed by atoms with Crippen LogP contribution in [-0.4, -0.2) is 16.1 Å². The van der Waals surface area contributed by atoms with Crippen molar-refractivity contribution in [1.29, 1.82) is 0 Å². The lowest BCUT2D eigenvalue weighted by atomic mass is 10.1. The van der Waals surface area contributed by atoms with E-state index in [1.807, 2.05) is 0 Å². The number of nitrogens with zero attached hydrogens (tertiary/aromatic N) is 1. The normalized spacial score (nSPS) is 10.3. The van der Waals surface area contributed by atoms with Gasteiger partial charge in [0.05, 0.1) is 12.3 Å². The molecule has 2 rings (SSSR count). The highest BCUT2D eigenvalue weighted by Gasteiger charge is 2.13. The second-order valence-electron chi connectivity index (χ2n) is 4.02. The number of pyridine rings is 1. The van der Waals surface area contributed by atoms with Gasteiger partial charge in [-0.15, -0.1) is 0 Å². The molecule has 1 heterocycles. The Balaban J connectivity index is 2.16. The Labute approximate surface area is 127 Å². The molecule has 21 heavy (non-hydrogen) atoms. The van der Waals surface area contributed by atoms with E-state index in [4.69, 9.17) is 5.11 Å². The zero-order valence-electron chi connectivity index (χ0n) is 10.5. The van der Waals surface area contributed by atoms with Gasteiger partial charge in [0.25, 0.3) is 0 Å². The highest BCUT2D eigenvalue weighted by Crippen LogP contribution is 2.21. The lowest BCUT2D eigenvalue weighted by Crippen LogP contribution is -2.20. The molecule has 1 aromatic heterocycles. The summed E-state index contributed by atoms with van der Waals surface area (Å²) in [6, 6.07) is 3.96. The third-order valence-corrected chi connectivity index (χ3v) is 2.98. The highest BCUT2D eigenvalue weighted by molar-refractivity contribution is 9.10. The summed E-state index contributed by atoms with van der Waals surface area (Å²) in [6.07, 6.45) is 1.47. The molecule has 8 heteroatoms. The Morgan fingerprint density at radius 1 is 1.29 bits per heavy atom. The third kappa shape index (κ3) is 3.96. The summed E-state index contributed by atoms with van der Waals surface area (Å²) in [5.74, 6) is -1.79. The maximum absolute atomic E-state index is 13.5. The summed E-state index contributed by atoms with van der Waals surface area (Å²) >= 11 is 3.15. The molecule has 0 atom stereocenters. The second kappa shape index (κ2) is 6.59. The first-order valence-corrected chi connectivity index (χ1v) is 6.57. The maximum atomic E-state index is 13.5. The Bertz CT molecular complexity index is 682. The zero-order chi connectivity index (χ0) is 15.4. The first-order chi connectivity index (χ1) is 9.99. The number of amides is 2. The fourth-order valence-electron chi connectivity index (χ4n) is 1.64. The van der Waals surface area contributed by atoms with Crippen LogP contribution in [0.1, 0.15) is 5.56 Å². The Morgan fingerprint density at radius 2 is 2.05 bits per heavy atom. The van der Waals surface area contributed by atoms with Crippen molar-refractivity contribution in [2.24, 2.45) is 0 Å². The summed E-state index contributed by atoms with van der Waals surface area (Å²) in [6.45, 7) is -0.664. The van der Waals surface area contributed by atoms with Gasteiger partial charge in [-0.05, 0) is 34.1 Å². The van der Waals surface area contributed by atoms with Crippen LogP contribution in [0.3, 0.4) is 0 Å². The van der Waals surface area contributed by atoms with Crippen LogP contribution >= 0.6 is 15.9 Å². The molecular weight excluding hydrogens is 348 g/mol. The minimum Gasteiger partial charge on any atom is -0.391 e. The first-order valence-electron chi connectivity index (χ1n) is 5.78. The number of aliphatic hydroxyl groups excluding tert-OH is 1. The van der Waals surface area contributed by atoms with E-state index in [2.05, 4.69) is 31.5 Å². The number of rotatable bonds is 3. The lowest BCUT2D eigenvalue weighted by molar-refractivity contribution is 0.261. The van der Waals surface area contributed by atoms with Crippen molar-refractivity contribution in [1.82, 2.24) is 4.98 Å². The van der Waals surface area contributed by atoms with Crippen molar-refractivity contribution in [3.05, 3.63) is 52.3 Å². The van der Waals surface area contributed by atoms with Gasteiger partial charge in [-0.3, -0.25) is 0 Å². The van der Waals surface area contributed by atoms with Crippen molar-refractivity contribution in [3.8, 4) is 0 Å². The molecule has 0 aliphatic carbocycles. The number of hydrogen-bond acceptors (Lipinski definition) is 3. The molecule has 1 aromatic carbocycles. The van der Waals surface area contributed by atoms with Crippen LogP contribution in [0.4, 0.5) is 25.0 Å². The fraction of sp³-hybridized carbons (Fsp3) is 0.0769. The summed E-state index contributed by atoms with van der Waals surface area (Å²) < 4.78 is 27.1. The highest BCUT2D eigenvalue weighted by atomic mass is 79.9. The van der Waals surface area contributed by atoms with Crippen molar-refractivity contribution < 1.29 is 18.7 Å². The van der Waals surface area contributed by atoms with Crippen molar-refractivity contribution in [3.63, 3.8) is 0 Å². The molecule has 0 unspecified atom stereocenters. The van der Waals surface area contributed by atoms with Crippen molar-refractivity contribution in [2.75, 3.05) is 10.6 Å². The third-order valence-electron chi connectivity index (χ3n) is 2.55. The van der Waals surface area contributed by atoms with E-state index in [0.717, 1.165) is 6.07 Å². The van der Waals surface area contributed by atoms with Crippen LogP contribution in [0.25, 0.3) is 0 Å². The molecule has 0 spiro atoms. The number of halogens is 3. The average molecular weight is 358 g/mol. The SMILES string of the molecule is O=C(Nc1ccnc(Br)c1)Nc1cc(F)cc(F)c1CO. The number of carbonyl (C=O) groups excluding carboxylic acids is 1. The van der Waals surface area contributed by atoms with Crippen LogP contribution in [0, 0.1) is 11.6 Å². The van der Waals surface area contributed by atoms with Crippen molar-refractivity contribution in [2.45, 2.75) is 6.61 Å². The number of anilines is 2. The molecule has 0 aliphatic heterocycles. The molecule has 110 valence electrons. The minimum atomic E-state index is -0.931. The van der Waals surface area contributed by atoms with E-state index in [0.29, 0.717) is 16.4 Å². The number of aliphatic hydroxyl groups is 1. The van der Waals surface area contributed by atoms with Gasteiger partial charge < -0.3 is 15.7 Å². The summed E-state index contributed by atoms with van der Waals surface area (Å²) in [5, 5.41) is 13.8. The summed E-state index contributed by atoms with van der Waals surface area (Å²) in [5.41, 5.74) is 0.111. The van der Waals surface area contributed by atoms with E-state index in [1.165, 1.54) is 6.20 Å². The van der Waals surface area contributed by atoms with Crippen LogP contribution < -0.4 is 10.6 Å². The van der Waals surface area contributed by atoms with Crippen LogP contribution in [0.2, 0.25) is 0 Å². The molecule has 3 N–H and O–H groups in total. The molecule has 2 amide bonds. The predicted octanol–water partition coefficient (Wildman–Crippen LogP) is 3.26. The molecule has 0 bridgehead atoms. The number of carbonyl (C=O) groups is 1. The van der Waals surface area contributed by atoms with Gasteiger partial charge in [-0.2, -0.15) is 0 Å². The average Bonchev–Trinajstić information content (AvgIpc) is 2.37. The number of aromatic nitrogens is 1. The van der Waals surface area contributed by atoms with E-state index in [1.54, 1.807) is 12.1 Å². The van der Waals surface area contributed by atoms with E-state index in [-0.39, 0.29) is 11.3 Å². The largest absolute Gasteiger partial charge is 0.391 e. The van der Waals surface area contributed by atoms with Gasteiger partial charge in [-0.1, -0.05) is 0 Å². The maximum Gasteiger partial charge on any atom is 0.323 e. The lowest BCUT2D eigenvalue weighted by Gasteiger charge is -2.11. The Kier molecular flexibility index (Phi) is 4.81. The quantitative estimate of drug-likeness (QED) is 0.738. The van der Waals surface area contributed by atoms with Crippen LogP contribution in [0.5, 0.6) is 0 Å². The van der Waals surface area contributed by atoms with E-state index >= 15 is 0 Å². The predicted molar refractivity (Wildman–Crippen MR) is 76.9 cm³/mol. The number of nitrogens with one attached hydrogen (secondary N) is 2. The van der Waals surface area contributed by atoms with E-state index in [9.17, 15) is 13.6 Å². The van der Waals surface area contributed by atoms with E-state index < -0.39 is 24.3 Å².